The van der Waals surface area contributed by atoms with Crippen LogP contribution < -0.4 is 0 Å². The molecule has 0 aliphatic carbocycles. The second kappa shape index (κ2) is 17.3. The SMILES string of the molecule is CC1=Cc2cc3[nH]c(cc3C)cc3[nH]c(cc4nc(cc1n2)C(C)=C4CCCP(=O)(O[Si](C)(C)C)O[Si](C)(C)C)c(CCCP(=O)(O[Si](C)(C)C)O[Si](C)(C)C)c3C. The molecule has 0 atom stereocenters. The standard InChI is InChI=1S/C42H68N4O6P2Si4/c1-29-23-34-26-39-31(3)35(19-17-21-53(47,49-55(5,6)7)50-56(8,9)10)41(45-39)28-42-36(20-18-22-54(48,51-57(11,12)13)52-58(14,15)16)32(4)40(46-42)27-38-30(2)24-33(44-38)25-37(29)43-34/h23-28,43,45H,17-22H2,1-16H3. The summed E-state index contributed by atoms with van der Waals surface area (Å²) in [6, 6.07) is 10.7. The van der Waals surface area contributed by atoms with Gasteiger partial charge in [-0.2, -0.15) is 0 Å². The third-order valence-electron chi connectivity index (χ3n) is 9.45. The molecule has 0 saturated heterocycles. The molecule has 5 heterocycles. The van der Waals surface area contributed by atoms with Crippen molar-refractivity contribution in [2.45, 2.75) is 132 Å². The Bertz CT molecular complexity index is 2340. The quantitative estimate of drug-likeness (QED) is 0.107. The number of nitrogens with one attached hydrogen (secondary N) is 2. The molecule has 3 aromatic heterocycles. The third kappa shape index (κ3) is 12.9. The normalized spacial score (nSPS) is 14.7. The molecule has 0 amide bonds. The Labute approximate surface area is 351 Å². The second-order valence-corrected chi connectivity index (χ2v) is 43.0. The number of hydrogen-bond donors (Lipinski definition) is 2. The highest BCUT2D eigenvalue weighted by Gasteiger charge is 2.37. The summed E-state index contributed by atoms with van der Waals surface area (Å²) in [6.07, 6.45) is 5.40. The summed E-state index contributed by atoms with van der Waals surface area (Å²) in [4.78, 5) is 17.7. The average molecular weight is 899 g/mol. The van der Waals surface area contributed by atoms with Crippen molar-refractivity contribution in [3.05, 3.63) is 69.8 Å². The highest BCUT2D eigenvalue weighted by atomic mass is 31.2. The molecule has 58 heavy (non-hydrogen) atoms. The van der Waals surface area contributed by atoms with E-state index in [-0.39, 0.29) is 0 Å². The summed E-state index contributed by atoms with van der Waals surface area (Å²) < 4.78 is 53.9. The average Bonchev–Trinajstić information content (AvgIpc) is 3.70. The highest BCUT2D eigenvalue weighted by molar-refractivity contribution is 7.57. The van der Waals surface area contributed by atoms with E-state index in [2.05, 4.69) is 153 Å². The van der Waals surface area contributed by atoms with E-state index < -0.39 is 48.5 Å². The summed E-state index contributed by atoms with van der Waals surface area (Å²) in [7, 11) is -15.2. The van der Waals surface area contributed by atoms with Crippen molar-refractivity contribution in [2.24, 2.45) is 0 Å². The fraction of sp³-hybridized carbons (Fsp3) is 0.524. The smallest absolute Gasteiger partial charge is 0.311 e. The Morgan fingerprint density at radius 3 is 1.64 bits per heavy atom. The van der Waals surface area contributed by atoms with Crippen LogP contribution in [0.2, 0.25) is 78.6 Å². The molecule has 16 heteroatoms. The van der Waals surface area contributed by atoms with E-state index >= 15 is 0 Å². The number of rotatable bonds is 16. The van der Waals surface area contributed by atoms with Crippen molar-refractivity contribution in [3.8, 4) is 0 Å². The first-order chi connectivity index (χ1) is 26.5. The van der Waals surface area contributed by atoms with Crippen LogP contribution >= 0.6 is 15.2 Å². The van der Waals surface area contributed by atoms with Gasteiger partial charge in [0.25, 0.3) is 0 Å². The topological polar surface area (TPSA) is 128 Å². The second-order valence-electron chi connectivity index (χ2n) is 19.9. The van der Waals surface area contributed by atoms with E-state index in [0.29, 0.717) is 38.0 Å². The number of aryl methyl sites for hydroxylation is 3. The van der Waals surface area contributed by atoms with Gasteiger partial charge in [-0.25, -0.2) is 9.97 Å². The fourth-order valence-corrected chi connectivity index (χ4v) is 24.3. The molecular formula is C42H68N4O6P2Si4. The van der Waals surface area contributed by atoms with Crippen molar-refractivity contribution in [1.82, 2.24) is 19.9 Å². The maximum Gasteiger partial charge on any atom is 0.311 e. The lowest BCUT2D eigenvalue weighted by Crippen LogP contribution is -2.30. The molecule has 0 unspecified atom stereocenters. The first kappa shape index (κ1) is 46.8. The van der Waals surface area contributed by atoms with Crippen molar-refractivity contribution >= 4 is 93.3 Å². The van der Waals surface area contributed by atoms with Gasteiger partial charge in [-0.3, -0.25) is 9.13 Å². The van der Waals surface area contributed by atoms with E-state index in [1.807, 2.05) is 0 Å². The van der Waals surface area contributed by atoms with E-state index in [1.165, 1.54) is 0 Å². The zero-order valence-corrected chi connectivity index (χ0v) is 43.7. The molecule has 0 radical (unpaired) electrons. The molecule has 8 bridgehead atoms. The van der Waals surface area contributed by atoms with Crippen molar-refractivity contribution in [1.29, 1.82) is 0 Å². The molecule has 0 aromatic carbocycles. The Morgan fingerprint density at radius 2 is 1.10 bits per heavy atom. The Morgan fingerprint density at radius 1 is 0.569 bits per heavy atom. The van der Waals surface area contributed by atoms with Gasteiger partial charge < -0.3 is 26.8 Å². The van der Waals surface area contributed by atoms with Gasteiger partial charge in [0.05, 0.1) is 22.8 Å². The number of nitrogens with zero attached hydrogens (tertiary/aromatic N) is 2. The van der Waals surface area contributed by atoms with Crippen LogP contribution in [0.25, 0.3) is 44.9 Å². The number of fused-ring (bicyclic) bond motifs is 8. The first-order valence-electron chi connectivity index (χ1n) is 20.6. The third-order valence-corrected chi connectivity index (χ3v) is 24.4. The van der Waals surface area contributed by atoms with Crippen LogP contribution in [0.3, 0.4) is 0 Å². The first-order valence-corrected chi connectivity index (χ1v) is 37.7. The van der Waals surface area contributed by atoms with Crippen LogP contribution in [0.15, 0.2) is 30.3 Å². The van der Waals surface area contributed by atoms with Gasteiger partial charge in [0.1, 0.15) is 0 Å². The predicted octanol–water partition coefficient (Wildman–Crippen LogP) is 13.9. The van der Waals surface area contributed by atoms with Gasteiger partial charge in [-0.1, -0.05) is 0 Å². The molecule has 0 saturated carbocycles. The van der Waals surface area contributed by atoms with Crippen molar-refractivity contribution in [2.75, 3.05) is 12.3 Å². The summed E-state index contributed by atoms with van der Waals surface area (Å²) in [5.41, 5.74) is 14.1. The van der Waals surface area contributed by atoms with Crippen molar-refractivity contribution < 1.29 is 26.0 Å². The molecular weight excluding hydrogens is 831 g/mol. The minimum absolute atomic E-state index is 0.343. The zero-order valence-electron chi connectivity index (χ0n) is 37.9. The van der Waals surface area contributed by atoms with Crippen LogP contribution in [0.4, 0.5) is 0 Å². The number of hydrogen-bond acceptors (Lipinski definition) is 8. The molecule has 0 spiro atoms. The maximum atomic E-state index is 14.3. The van der Waals surface area contributed by atoms with E-state index in [0.717, 1.165) is 78.3 Å². The fourth-order valence-electron chi connectivity index (χ4n) is 7.43. The minimum atomic E-state index is -3.32. The summed E-state index contributed by atoms with van der Waals surface area (Å²) >= 11 is 0. The molecule has 5 rings (SSSR count). The lowest BCUT2D eigenvalue weighted by Gasteiger charge is -2.31. The molecule has 10 nitrogen and oxygen atoms in total. The zero-order chi connectivity index (χ0) is 43.2. The monoisotopic (exact) mass is 898 g/mol. The Kier molecular flexibility index (Phi) is 13.9. The van der Waals surface area contributed by atoms with E-state index in [9.17, 15) is 9.13 Å². The minimum Gasteiger partial charge on any atom is -0.355 e. The number of aromatic nitrogens is 4. The lowest BCUT2D eigenvalue weighted by molar-refractivity contribution is 0.379. The van der Waals surface area contributed by atoms with Gasteiger partial charge in [0, 0.05) is 34.4 Å². The highest BCUT2D eigenvalue weighted by Crippen LogP contribution is 2.55. The Balaban J connectivity index is 1.65. The number of aromatic amines is 2. The van der Waals surface area contributed by atoms with Gasteiger partial charge in [0.15, 0.2) is 33.3 Å². The van der Waals surface area contributed by atoms with Crippen LogP contribution in [0, 0.1) is 13.8 Å². The molecule has 2 aliphatic heterocycles. The number of H-pyrrole nitrogens is 2. The van der Waals surface area contributed by atoms with Crippen molar-refractivity contribution in [3.63, 3.8) is 0 Å². The van der Waals surface area contributed by atoms with E-state index in [4.69, 9.17) is 26.8 Å². The largest absolute Gasteiger partial charge is 0.355 e. The van der Waals surface area contributed by atoms with Gasteiger partial charge in [-0.15, -0.1) is 0 Å². The van der Waals surface area contributed by atoms with Crippen LogP contribution in [0.5, 0.6) is 0 Å². The maximum absolute atomic E-state index is 14.3. The van der Waals surface area contributed by atoms with Crippen LogP contribution in [0.1, 0.15) is 72.6 Å². The van der Waals surface area contributed by atoms with Crippen LogP contribution in [-0.4, -0.2) is 65.5 Å². The lowest BCUT2D eigenvalue weighted by atomic mass is 10.0. The number of allylic oxidation sites excluding steroid dienone is 3. The molecule has 318 valence electrons. The predicted molar refractivity (Wildman–Crippen MR) is 257 cm³/mol. The summed E-state index contributed by atoms with van der Waals surface area (Å²) in [5.74, 6) is 0. The molecule has 0 fully saturated rings. The summed E-state index contributed by atoms with van der Waals surface area (Å²) in [5, 5.41) is 0. The molecule has 2 N–H and O–H groups in total. The molecule has 2 aliphatic rings. The molecule has 3 aromatic rings. The van der Waals surface area contributed by atoms with E-state index in [1.54, 1.807) is 0 Å². The van der Waals surface area contributed by atoms with Gasteiger partial charge in [-0.05, 0) is 202 Å². The van der Waals surface area contributed by atoms with Gasteiger partial charge >= 0.3 is 15.2 Å². The van der Waals surface area contributed by atoms with Gasteiger partial charge in [0.2, 0.25) is 0 Å². The van der Waals surface area contributed by atoms with Crippen LogP contribution in [-0.2, 0) is 32.4 Å². The Hall–Kier alpha value is -2.23. The summed E-state index contributed by atoms with van der Waals surface area (Å²) in [6.45, 7) is 33.2.